The monoisotopic (exact) mass is 345 g/mol. The minimum absolute atomic E-state index is 0.117. The Morgan fingerprint density at radius 2 is 1.88 bits per heavy atom. The van der Waals surface area contributed by atoms with Crippen molar-refractivity contribution in [3.05, 3.63) is 54.1 Å². The van der Waals surface area contributed by atoms with E-state index in [0.717, 1.165) is 36.2 Å². The van der Waals surface area contributed by atoms with Gasteiger partial charge in [-0.05, 0) is 41.8 Å². The van der Waals surface area contributed by atoms with Crippen molar-refractivity contribution in [3.8, 4) is 11.1 Å². The molecule has 4 nitrogen and oxygen atoms in total. The fourth-order valence-corrected chi connectivity index (χ4v) is 3.80. The molecular formula is C19H23NO3S. The lowest BCUT2D eigenvalue weighted by Gasteiger charge is -2.14. The Morgan fingerprint density at radius 1 is 1.12 bits per heavy atom. The molecule has 1 saturated heterocycles. The van der Waals surface area contributed by atoms with Gasteiger partial charge in [-0.25, -0.2) is 8.42 Å². The molecule has 0 radical (unpaired) electrons. The number of rotatable bonds is 6. The average Bonchev–Trinajstić information content (AvgIpc) is 3.14. The lowest BCUT2D eigenvalue weighted by molar-refractivity contribution is 0.0545. The van der Waals surface area contributed by atoms with Crippen LogP contribution in [0.15, 0.2) is 53.4 Å². The largest absolute Gasteiger partial charge is 0.372 e. The molecule has 2 aromatic rings. The van der Waals surface area contributed by atoms with Crippen LogP contribution >= 0.6 is 0 Å². The summed E-state index contributed by atoms with van der Waals surface area (Å²) < 4.78 is 29.9. The number of hydrogen-bond acceptors (Lipinski definition) is 4. The zero-order valence-corrected chi connectivity index (χ0v) is 14.7. The van der Waals surface area contributed by atoms with Gasteiger partial charge >= 0.3 is 0 Å². The van der Waals surface area contributed by atoms with E-state index in [1.54, 1.807) is 19.1 Å². The molecule has 5 heteroatoms. The van der Waals surface area contributed by atoms with Crippen LogP contribution in [0.4, 0.5) is 0 Å². The first-order valence-corrected chi connectivity index (χ1v) is 9.99. The third-order valence-corrected chi connectivity index (χ3v) is 6.16. The molecule has 1 fully saturated rings. The Kier molecular flexibility index (Phi) is 5.33. The first-order valence-electron chi connectivity index (χ1n) is 8.33. The van der Waals surface area contributed by atoms with Gasteiger partial charge in [0.1, 0.15) is 0 Å². The lowest BCUT2D eigenvalue weighted by Crippen LogP contribution is -2.16. The highest BCUT2D eigenvalue weighted by Crippen LogP contribution is 2.26. The molecule has 0 amide bonds. The average molecular weight is 345 g/mol. The van der Waals surface area contributed by atoms with Gasteiger partial charge in [-0.2, -0.15) is 0 Å². The molecule has 0 aromatic heterocycles. The van der Waals surface area contributed by atoms with Crippen LogP contribution in [0.25, 0.3) is 11.1 Å². The van der Waals surface area contributed by atoms with Crippen molar-refractivity contribution in [2.24, 2.45) is 0 Å². The van der Waals surface area contributed by atoms with Crippen LogP contribution in [0.5, 0.6) is 0 Å². The van der Waals surface area contributed by atoms with Crippen LogP contribution in [0, 0.1) is 0 Å². The zero-order chi connectivity index (χ0) is 17.0. The van der Waals surface area contributed by atoms with Crippen molar-refractivity contribution in [2.45, 2.75) is 31.0 Å². The van der Waals surface area contributed by atoms with Gasteiger partial charge in [0.05, 0.1) is 23.4 Å². The zero-order valence-electron chi connectivity index (χ0n) is 13.9. The summed E-state index contributed by atoms with van der Waals surface area (Å²) >= 11 is 0. The van der Waals surface area contributed by atoms with E-state index < -0.39 is 9.84 Å². The van der Waals surface area contributed by atoms with Gasteiger partial charge in [0.2, 0.25) is 0 Å². The van der Waals surface area contributed by atoms with Crippen LogP contribution in [-0.2, 0) is 21.2 Å². The van der Waals surface area contributed by atoms with Gasteiger partial charge in [0.25, 0.3) is 0 Å². The summed E-state index contributed by atoms with van der Waals surface area (Å²) in [6.07, 6.45) is 1.32. The smallest absolute Gasteiger partial charge is 0.178 e. The van der Waals surface area contributed by atoms with Crippen molar-refractivity contribution in [3.63, 3.8) is 0 Å². The molecular weight excluding hydrogens is 322 g/mol. The molecule has 1 N–H and O–H groups in total. The molecule has 1 aliphatic heterocycles. The maximum Gasteiger partial charge on any atom is 0.178 e. The number of nitrogens with one attached hydrogen (secondary N) is 1. The van der Waals surface area contributed by atoms with E-state index in [1.807, 2.05) is 24.3 Å². The van der Waals surface area contributed by atoms with E-state index in [9.17, 15) is 8.42 Å². The van der Waals surface area contributed by atoms with Crippen molar-refractivity contribution in [1.29, 1.82) is 0 Å². The number of benzene rings is 2. The molecule has 0 spiro atoms. The Morgan fingerprint density at radius 3 is 2.54 bits per heavy atom. The molecule has 0 bridgehead atoms. The summed E-state index contributed by atoms with van der Waals surface area (Å²) in [4.78, 5) is 0.375. The summed E-state index contributed by atoms with van der Waals surface area (Å²) in [6, 6.07) is 15.2. The second-order valence-electron chi connectivity index (χ2n) is 6.01. The highest BCUT2D eigenvalue weighted by atomic mass is 32.2. The molecule has 128 valence electrons. The third-order valence-electron chi connectivity index (χ3n) is 4.41. The van der Waals surface area contributed by atoms with E-state index >= 15 is 0 Å². The summed E-state index contributed by atoms with van der Waals surface area (Å²) in [6.45, 7) is 4.15. The fraction of sp³-hybridized carbons (Fsp3) is 0.368. The van der Waals surface area contributed by atoms with E-state index in [4.69, 9.17) is 4.74 Å². The Bertz CT molecular complexity index is 779. The number of hydrogen-bond donors (Lipinski definition) is 1. The molecule has 1 atom stereocenters. The van der Waals surface area contributed by atoms with Gasteiger partial charge in [0, 0.05) is 6.54 Å². The van der Waals surface area contributed by atoms with Crippen LogP contribution in [-0.4, -0.2) is 33.4 Å². The molecule has 1 aliphatic rings. The molecule has 3 rings (SSSR count). The number of sulfone groups is 1. The molecule has 0 saturated carbocycles. The third kappa shape index (κ3) is 3.86. The highest BCUT2D eigenvalue weighted by Gasteiger charge is 2.16. The minimum atomic E-state index is -3.16. The Balaban J connectivity index is 1.81. The summed E-state index contributed by atoms with van der Waals surface area (Å²) in [5.74, 6) is 0.117. The van der Waals surface area contributed by atoms with Crippen LogP contribution in [0.2, 0.25) is 0 Å². The first kappa shape index (κ1) is 17.1. The maximum absolute atomic E-state index is 11.9. The van der Waals surface area contributed by atoms with Crippen molar-refractivity contribution < 1.29 is 13.2 Å². The van der Waals surface area contributed by atoms with Crippen LogP contribution < -0.4 is 5.32 Å². The highest BCUT2D eigenvalue weighted by molar-refractivity contribution is 7.91. The van der Waals surface area contributed by atoms with Crippen molar-refractivity contribution in [2.75, 3.05) is 18.8 Å². The predicted molar refractivity (Wildman–Crippen MR) is 95.7 cm³/mol. The van der Waals surface area contributed by atoms with Crippen LogP contribution in [0.1, 0.15) is 18.9 Å². The van der Waals surface area contributed by atoms with E-state index in [-0.39, 0.29) is 11.9 Å². The summed E-state index contributed by atoms with van der Waals surface area (Å²) in [7, 11) is -3.16. The van der Waals surface area contributed by atoms with E-state index in [2.05, 4.69) is 17.4 Å². The minimum Gasteiger partial charge on any atom is -0.372 e. The fourth-order valence-electron chi connectivity index (χ4n) is 2.91. The van der Waals surface area contributed by atoms with E-state index in [0.29, 0.717) is 11.5 Å². The van der Waals surface area contributed by atoms with Crippen molar-refractivity contribution in [1.82, 2.24) is 5.32 Å². The normalized spacial score (nSPS) is 18.0. The molecule has 0 aliphatic carbocycles. The van der Waals surface area contributed by atoms with Crippen LogP contribution in [0.3, 0.4) is 0 Å². The number of ether oxygens (including phenoxy) is 1. The van der Waals surface area contributed by atoms with Gasteiger partial charge in [-0.3, -0.25) is 0 Å². The van der Waals surface area contributed by atoms with Gasteiger partial charge in [0.15, 0.2) is 9.84 Å². The van der Waals surface area contributed by atoms with Gasteiger partial charge in [-0.15, -0.1) is 0 Å². The first-order chi connectivity index (χ1) is 11.6. The topological polar surface area (TPSA) is 55.4 Å². The second kappa shape index (κ2) is 7.47. The predicted octanol–water partition coefficient (Wildman–Crippen LogP) is 3.03. The van der Waals surface area contributed by atoms with Gasteiger partial charge in [-0.1, -0.05) is 43.3 Å². The standard InChI is InChI=1S/C19H23NO3S/c1-2-24(21,22)18-9-7-15(8-10-18)19-6-4-3-5-16(19)14-23-17-11-12-20-13-17/h3-10,17,20H,2,11-14H2,1H3. The SMILES string of the molecule is CCS(=O)(=O)c1ccc(-c2ccccc2COC2CCNC2)cc1. The van der Waals surface area contributed by atoms with E-state index in [1.165, 1.54) is 0 Å². The van der Waals surface area contributed by atoms with Gasteiger partial charge < -0.3 is 10.1 Å². The summed E-state index contributed by atoms with van der Waals surface area (Å²) in [5, 5.41) is 3.30. The lowest BCUT2D eigenvalue weighted by atomic mass is 10.0. The molecule has 24 heavy (non-hydrogen) atoms. The molecule has 1 heterocycles. The maximum atomic E-state index is 11.9. The molecule has 2 aromatic carbocycles. The molecule has 1 unspecified atom stereocenters. The second-order valence-corrected chi connectivity index (χ2v) is 8.29. The summed E-state index contributed by atoms with van der Waals surface area (Å²) in [5.41, 5.74) is 3.22. The Hall–Kier alpha value is -1.69. The quantitative estimate of drug-likeness (QED) is 0.874. The Labute approximate surface area is 143 Å². The van der Waals surface area contributed by atoms with Crippen molar-refractivity contribution >= 4 is 9.84 Å².